The minimum absolute atomic E-state index is 0. The number of hydrogen-bond acceptors (Lipinski definition) is 6. The molecule has 0 fully saturated rings. The molecule has 0 saturated carbocycles. The lowest BCUT2D eigenvalue weighted by atomic mass is 10.1. The van der Waals surface area contributed by atoms with Gasteiger partial charge in [0.2, 0.25) is 0 Å². The van der Waals surface area contributed by atoms with E-state index in [-0.39, 0.29) is 35.7 Å². The lowest BCUT2D eigenvalue weighted by Crippen LogP contribution is -2.24. The number of rotatable bonds is 5. The summed E-state index contributed by atoms with van der Waals surface area (Å²) in [5.41, 5.74) is 0.266. The predicted octanol–water partition coefficient (Wildman–Crippen LogP) is 1.82. The van der Waals surface area contributed by atoms with Crippen LogP contribution in [-0.2, 0) is 12.0 Å². The van der Waals surface area contributed by atoms with Crippen molar-refractivity contribution in [3.8, 4) is 0 Å². The molecule has 1 N–H and O–H groups in total. The maximum Gasteiger partial charge on any atom is 0.299 e. The highest BCUT2D eigenvalue weighted by molar-refractivity contribution is 6.05. The van der Waals surface area contributed by atoms with Crippen LogP contribution in [0.3, 0.4) is 0 Å². The minimum atomic E-state index is -0.304. The fourth-order valence-electron chi connectivity index (χ4n) is 1.74. The molecule has 0 aliphatic rings. The first-order chi connectivity index (χ1) is 9.81. The van der Waals surface area contributed by atoms with Gasteiger partial charge in [-0.25, -0.2) is 0 Å². The molecule has 0 aliphatic heterocycles. The Kier molecular flexibility index (Phi) is 5.85. The van der Waals surface area contributed by atoms with E-state index in [9.17, 15) is 4.79 Å². The molecule has 8 heteroatoms. The fourth-order valence-corrected chi connectivity index (χ4v) is 1.74. The van der Waals surface area contributed by atoms with E-state index < -0.39 is 0 Å². The molecule has 2 rings (SSSR count). The zero-order valence-corrected chi connectivity index (χ0v) is 14.3. The van der Waals surface area contributed by atoms with Gasteiger partial charge in [-0.1, -0.05) is 5.16 Å². The van der Waals surface area contributed by atoms with Gasteiger partial charge in [0, 0.05) is 18.7 Å². The van der Waals surface area contributed by atoms with Crippen LogP contribution in [0.15, 0.2) is 16.9 Å². The maximum atomic E-state index is 12.3. The Balaban J connectivity index is 0.00000242. The summed E-state index contributed by atoms with van der Waals surface area (Å²) in [7, 11) is 1.86. The smallest absolute Gasteiger partial charge is 0.299 e. The van der Waals surface area contributed by atoms with Crippen LogP contribution in [0.5, 0.6) is 0 Å². The van der Waals surface area contributed by atoms with Crippen molar-refractivity contribution in [3.05, 3.63) is 29.7 Å². The number of nitrogens with zero attached hydrogens (tertiary/aromatic N) is 4. The van der Waals surface area contributed by atoms with Gasteiger partial charge < -0.3 is 9.84 Å². The Labute approximate surface area is 135 Å². The molecular formula is C14H22ClN5O2. The van der Waals surface area contributed by atoms with Gasteiger partial charge in [0.05, 0.1) is 17.3 Å². The van der Waals surface area contributed by atoms with E-state index >= 15 is 0 Å². The van der Waals surface area contributed by atoms with E-state index in [2.05, 4.69) is 20.6 Å². The van der Waals surface area contributed by atoms with Gasteiger partial charge in [0.1, 0.15) is 0 Å². The molecule has 1 atom stereocenters. The number of halogens is 1. The van der Waals surface area contributed by atoms with Crippen molar-refractivity contribution >= 4 is 18.2 Å². The lowest BCUT2D eigenvalue weighted by Gasteiger charge is -2.18. The Morgan fingerprint density at radius 2 is 2.14 bits per heavy atom. The number of ketones is 1. The number of nitrogens with one attached hydrogen (secondary N) is 1. The molecule has 2 heterocycles. The van der Waals surface area contributed by atoms with E-state index in [1.807, 2.05) is 34.7 Å². The topological polar surface area (TPSA) is 85.8 Å². The van der Waals surface area contributed by atoms with Crippen molar-refractivity contribution in [2.75, 3.05) is 7.05 Å². The van der Waals surface area contributed by atoms with Crippen LogP contribution in [0, 0.1) is 0 Å². The fraction of sp³-hybridized carbons (Fsp3) is 0.571. The summed E-state index contributed by atoms with van der Waals surface area (Å²) in [6, 6.07) is 0.217. The van der Waals surface area contributed by atoms with Crippen LogP contribution < -0.4 is 5.32 Å². The molecule has 22 heavy (non-hydrogen) atoms. The highest BCUT2D eigenvalue weighted by Crippen LogP contribution is 2.15. The van der Waals surface area contributed by atoms with Gasteiger partial charge >= 0.3 is 0 Å². The summed E-state index contributed by atoms with van der Waals surface area (Å²) in [5.74, 6) is 0.214. The quantitative estimate of drug-likeness (QED) is 0.843. The lowest BCUT2D eigenvalue weighted by molar-refractivity contribution is 0.0994. The molecule has 2 aromatic rings. The van der Waals surface area contributed by atoms with Crippen molar-refractivity contribution in [2.24, 2.45) is 0 Å². The van der Waals surface area contributed by atoms with Crippen molar-refractivity contribution in [1.82, 2.24) is 25.2 Å². The number of likely N-dealkylation sites (N-methyl/N-ethyl adjacent to an activating group) is 1. The minimum Gasteiger partial charge on any atom is -0.330 e. The van der Waals surface area contributed by atoms with E-state index in [1.54, 1.807) is 10.9 Å². The van der Waals surface area contributed by atoms with Crippen LogP contribution >= 0.6 is 12.4 Å². The Morgan fingerprint density at radius 1 is 1.45 bits per heavy atom. The van der Waals surface area contributed by atoms with E-state index in [1.165, 1.54) is 6.20 Å². The van der Waals surface area contributed by atoms with Gasteiger partial charge in [-0.2, -0.15) is 10.1 Å². The Hall–Kier alpha value is -1.73. The number of aromatic nitrogens is 4. The SMILES string of the molecule is CNC(C)Cc1noc(C(=O)c2cnn(C(C)(C)C)c2)n1.Cl. The van der Waals surface area contributed by atoms with Crippen LogP contribution in [0.4, 0.5) is 0 Å². The van der Waals surface area contributed by atoms with E-state index in [4.69, 9.17) is 4.52 Å². The second-order valence-electron chi connectivity index (χ2n) is 6.08. The molecule has 0 aliphatic carbocycles. The standard InChI is InChI=1S/C14H21N5O2.ClH/c1-9(15-5)6-11-17-13(21-18-11)12(20)10-7-16-19(8-10)14(2,3)4;/h7-9,15H,6H2,1-5H3;1H. The van der Waals surface area contributed by atoms with Gasteiger partial charge in [0.25, 0.3) is 11.7 Å². The van der Waals surface area contributed by atoms with Crippen molar-refractivity contribution in [3.63, 3.8) is 0 Å². The molecule has 0 spiro atoms. The van der Waals surface area contributed by atoms with Crippen molar-refractivity contribution < 1.29 is 9.32 Å². The summed E-state index contributed by atoms with van der Waals surface area (Å²) in [5, 5.41) is 11.1. The monoisotopic (exact) mass is 327 g/mol. The third kappa shape index (κ3) is 4.14. The van der Waals surface area contributed by atoms with Crippen LogP contribution in [0.2, 0.25) is 0 Å². The number of hydrogen-bond donors (Lipinski definition) is 1. The Morgan fingerprint density at radius 3 is 2.68 bits per heavy atom. The highest BCUT2D eigenvalue weighted by atomic mass is 35.5. The summed E-state index contributed by atoms with van der Waals surface area (Å²) in [4.78, 5) is 16.4. The molecule has 2 aromatic heterocycles. The van der Waals surface area contributed by atoms with Gasteiger partial charge in [-0.05, 0) is 34.7 Å². The van der Waals surface area contributed by atoms with Crippen LogP contribution in [-0.4, -0.2) is 38.8 Å². The third-order valence-electron chi connectivity index (χ3n) is 3.18. The normalized spacial score (nSPS) is 12.8. The first-order valence-electron chi connectivity index (χ1n) is 6.91. The Bertz CT molecular complexity index is 629. The zero-order valence-electron chi connectivity index (χ0n) is 13.5. The third-order valence-corrected chi connectivity index (χ3v) is 3.18. The second-order valence-corrected chi connectivity index (χ2v) is 6.08. The number of carbonyl (C=O) groups excluding carboxylic acids is 1. The van der Waals surface area contributed by atoms with Crippen molar-refractivity contribution in [1.29, 1.82) is 0 Å². The molecule has 7 nitrogen and oxygen atoms in total. The maximum absolute atomic E-state index is 12.3. The molecule has 0 aromatic carbocycles. The van der Waals surface area contributed by atoms with E-state index in [0.29, 0.717) is 17.8 Å². The van der Waals surface area contributed by atoms with Gasteiger partial charge in [-0.15, -0.1) is 12.4 Å². The summed E-state index contributed by atoms with van der Waals surface area (Å²) in [6.07, 6.45) is 3.82. The molecule has 0 bridgehead atoms. The summed E-state index contributed by atoms with van der Waals surface area (Å²) < 4.78 is 6.78. The zero-order chi connectivity index (χ0) is 15.6. The average molecular weight is 328 g/mol. The van der Waals surface area contributed by atoms with E-state index in [0.717, 1.165) is 0 Å². The average Bonchev–Trinajstić information content (AvgIpc) is 3.06. The summed E-state index contributed by atoms with van der Waals surface area (Å²) >= 11 is 0. The molecule has 122 valence electrons. The van der Waals surface area contributed by atoms with Crippen LogP contribution in [0.25, 0.3) is 0 Å². The molecule has 0 amide bonds. The highest BCUT2D eigenvalue weighted by Gasteiger charge is 2.22. The van der Waals surface area contributed by atoms with Gasteiger partial charge in [0.15, 0.2) is 5.82 Å². The molecular weight excluding hydrogens is 306 g/mol. The predicted molar refractivity (Wildman–Crippen MR) is 84.4 cm³/mol. The first-order valence-corrected chi connectivity index (χ1v) is 6.91. The van der Waals surface area contributed by atoms with Crippen LogP contribution in [0.1, 0.15) is 49.8 Å². The first kappa shape index (κ1) is 18.3. The molecule has 0 saturated heterocycles. The largest absolute Gasteiger partial charge is 0.330 e. The van der Waals surface area contributed by atoms with Crippen molar-refractivity contribution in [2.45, 2.75) is 45.7 Å². The summed E-state index contributed by atoms with van der Waals surface area (Å²) in [6.45, 7) is 8.04. The second kappa shape index (κ2) is 7.02. The molecule has 1 unspecified atom stereocenters. The number of carbonyl (C=O) groups is 1. The van der Waals surface area contributed by atoms with Gasteiger partial charge in [-0.3, -0.25) is 9.48 Å². The molecule has 0 radical (unpaired) electrons.